The average Bonchev–Trinajstić information content (AvgIpc) is 2.65. The number of hydrogen-bond donors (Lipinski definition) is 1. The van der Waals surface area contributed by atoms with Gasteiger partial charge in [0.25, 0.3) is 0 Å². The molecule has 0 unspecified atom stereocenters. The molecule has 0 aromatic heterocycles. The molecule has 2 rings (SSSR count). The Kier molecular flexibility index (Phi) is 8.32. The number of hydrogen-bond acceptors (Lipinski definition) is 3. The minimum absolute atomic E-state index is 0.386. The lowest BCUT2D eigenvalue weighted by Crippen LogP contribution is -2.47. The van der Waals surface area contributed by atoms with Gasteiger partial charge in [-0.05, 0) is 32.8 Å². The van der Waals surface area contributed by atoms with E-state index in [2.05, 4.69) is 36.7 Å². The zero-order valence-corrected chi connectivity index (χ0v) is 15.5. The maximum atomic E-state index is 5.74. The van der Waals surface area contributed by atoms with Gasteiger partial charge in [-0.1, -0.05) is 30.9 Å². The highest BCUT2D eigenvalue weighted by molar-refractivity contribution is 5.80. The largest absolute Gasteiger partial charge is 0.489 e. The van der Waals surface area contributed by atoms with E-state index >= 15 is 0 Å². The maximum Gasteiger partial charge on any atom is 0.194 e. The van der Waals surface area contributed by atoms with Crippen LogP contribution in [0.1, 0.15) is 32.3 Å². The number of benzene rings is 1. The predicted molar refractivity (Wildman–Crippen MR) is 103 cm³/mol. The first-order valence-corrected chi connectivity index (χ1v) is 9.24. The van der Waals surface area contributed by atoms with Gasteiger partial charge in [-0.15, -0.1) is 0 Å². The van der Waals surface area contributed by atoms with Crippen molar-refractivity contribution in [3.8, 4) is 5.75 Å². The molecule has 1 saturated heterocycles. The normalized spacial score (nSPS) is 15.9. The topological polar surface area (TPSA) is 46.1 Å². The van der Waals surface area contributed by atoms with Crippen molar-refractivity contribution in [3.05, 3.63) is 42.5 Å². The van der Waals surface area contributed by atoms with Crippen molar-refractivity contribution in [2.45, 2.75) is 39.3 Å². The smallest absolute Gasteiger partial charge is 0.194 e. The Hall–Kier alpha value is -2.01. The Labute approximate surface area is 151 Å². The summed E-state index contributed by atoms with van der Waals surface area (Å²) in [5.41, 5.74) is 1.09. The first kappa shape index (κ1) is 19.3. The predicted octanol–water partition coefficient (Wildman–Crippen LogP) is 3.22. The van der Waals surface area contributed by atoms with Gasteiger partial charge in [-0.2, -0.15) is 0 Å². The summed E-state index contributed by atoms with van der Waals surface area (Å²) in [7, 11) is 0. The van der Waals surface area contributed by atoms with Crippen molar-refractivity contribution in [1.29, 1.82) is 0 Å². The van der Waals surface area contributed by atoms with Gasteiger partial charge in [-0.3, -0.25) is 0 Å². The summed E-state index contributed by atoms with van der Waals surface area (Å²) in [4.78, 5) is 7.16. The van der Waals surface area contributed by atoms with E-state index in [1.54, 1.807) is 6.08 Å². The summed E-state index contributed by atoms with van der Waals surface area (Å²) >= 11 is 0. The molecule has 1 aromatic rings. The molecule has 1 aliphatic heterocycles. The van der Waals surface area contributed by atoms with Crippen LogP contribution in [0.5, 0.6) is 5.75 Å². The monoisotopic (exact) mass is 345 g/mol. The average molecular weight is 345 g/mol. The molecule has 0 aliphatic carbocycles. The number of nitrogens with one attached hydrogen (secondary N) is 1. The molecule has 1 aromatic carbocycles. The van der Waals surface area contributed by atoms with Crippen LogP contribution in [0.3, 0.4) is 0 Å². The fourth-order valence-electron chi connectivity index (χ4n) is 2.98. The molecular weight excluding hydrogens is 314 g/mol. The standard InChI is InChI=1S/C20H31N3O2/c1-4-15-25-19-10-8-7-9-17(19)16-22-20(21-5-2)23-13-11-18(12-14-23)24-6-3/h4,7-10,18H,1,5-6,11-16H2,2-3H3,(H,21,22). The van der Waals surface area contributed by atoms with Gasteiger partial charge in [0, 0.05) is 31.8 Å². The molecule has 1 N–H and O–H groups in total. The van der Waals surface area contributed by atoms with Crippen LogP contribution in [0.25, 0.3) is 0 Å². The van der Waals surface area contributed by atoms with E-state index in [0.717, 1.165) is 56.4 Å². The zero-order chi connectivity index (χ0) is 17.9. The summed E-state index contributed by atoms with van der Waals surface area (Å²) in [6.45, 7) is 12.6. The molecule has 138 valence electrons. The molecule has 1 fully saturated rings. The number of para-hydroxylation sites is 1. The van der Waals surface area contributed by atoms with Gasteiger partial charge in [0.2, 0.25) is 0 Å². The summed E-state index contributed by atoms with van der Waals surface area (Å²) in [6, 6.07) is 8.04. The molecule has 1 heterocycles. The number of likely N-dealkylation sites (tertiary alicyclic amines) is 1. The van der Waals surface area contributed by atoms with E-state index in [-0.39, 0.29) is 0 Å². The lowest BCUT2D eigenvalue weighted by Gasteiger charge is -2.34. The number of piperidine rings is 1. The molecule has 0 spiro atoms. The Bertz CT molecular complexity index is 552. The van der Waals surface area contributed by atoms with Crippen LogP contribution < -0.4 is 10.1 Å². The summed E-state index contributed by atoms with van der Waals surface area (Å²) < 4.78 is 11.5. The summed E-state index contributed by atoms with van der Waals surface area (Å²) in [5.74, 6) is 1.84. The Morgan fingerprint density at radius 3 is 2.76 bits per heavy atom. The molecular formula is C20H31N3O2. The van der Waals surface area contributed by atoms with Crippen molar-refractivity contribution in [2.24, 2.45) is 4.99 Å². The lowest BCUT2D eigenvalue weighted by molar-refractivity contribution is 0.0263. The van der Waals surface area contributed by atoms with Crippen molar-refractivity contribution in [3.63, 3.8) is 0 Å². The lowest BCUT2D eigenvalue weighted by atomic mass is 10.1. The molecule has 0 radical (unpaired) electrons. The minimum atomic E-state index is 0.386. The highest BCUT2D eigenvalue weighted by Crippen LogP contribution is 2.19. The molecule has 5 heteroatoms. The van der Waals surface area contributed by atoms with E-state index in [0.29, 0.717) is 19.3 Å². The van der Waals surface area contributed by atoms with Gasteiger partial charge in [0.1, 0.15) is 12.4 Å². The van der Waals surface area contributed by atoms with Crippen LogP contribution in [0.15, 0.2) is 41.9 Å². The number of guanidine groups is 1. The zero-order valence-electron chi connectivity index (χ0n) is 15.5. The quantitative estimate of drug-likeness (QED) is 0.446. The second-order valence-corrected chi connectivity index (χ2v) is 6.02. The van der Waals surface area contributed by atoms with E-state index in [9.17, 15) is 0 Å². The van der Waals surface area contributed by atoms with E-state index in [1.807, 2.05) is 18.2 Å². The van der Waals surface area contributed by atoms with Gasteiger partial charge >= 0.3 is 0 Å². The fourth-order valence-corrected chi connectivity index (χ4v) is 2.98. The van der Waals surface area contributed by atoms with Gasteiger partial charge in [-0.25, -0.2) is 4.99 Å². The van der Waals surface area contributed by atoms with Crippen LogP contribution in [0.2, 0.25) is 0 Å². The summed E-state index contributed by atoms with van der Waals surface area (Å²) in [5, 5.41) is 3.41. The Balaban J connectivity index is 2.01. The number of rotatable bonds is 8. The van der Waals surface area contributed by atoms with Crippen molar-refractivity contribution < 1.29 is 9.47 Å². The number of nitrogens with zero attached hydrogens (tertiary/aromatic N) is 2. The first-order valence-electron chi connectivity index (χ1n) is 9.24. The number of aliphatic imine (C=N–C) groups is 1. The van der Waals surface area contributed by atoms with Crippen molar-refractivity contribution in [2.75, 3.05) is 32.8 Å². The SMILES string of the molecule is C=CCOc1ccccc1CN=C(NCC)N1CCC(OCC)CC1. The third-order valence-electron chi connectivity index (χ3n) is 4.21. The van der Waals surface area contributed by atoms with E-state index < -0.39 is 0 Å². The third kappa shape index (κ3) is 6.09. The Morgan fingerprint density at radius 1 is 1.32 bits per heavy atom. The van der Waals surface area contributed by atoms with Gasteiger partial charge < -0.3 is 19.7 Å². The molecule has 1 aliphatic rings. The maximum absolute atomic E-state index is 5.74. The van der Waals surface area contributed by atoms with E-state index in [1.165, 1.54) is 0 Å². The summed E-state index contributed by atoms with van der Waals surface area (Å²) in [6.07, 6.45) is 4.25. The molecule has 5 nitrogen and oxygen atoms in total. The second kappa shape index (κ2) is 10.8. The van der Waals surface area contributed by atoms with Crippen LogP contribution >= 0.6 is 0 Å². The first-order chi connectivity index (χ1) is 12.3. The van der Waals surface area contributed by atoms with Crippen LogP contribution in [0, 0.1) is 0 Å². The molecule has 0 saturated carbocycles. The fraction of sp³-hybridized carbons (Fsp3) is 0.550. The number of ether oxygens (including phenoxy) is 2. The molecule has 0 bridgehead atoms. The second-order valence-electron chi connectivity index (χ2n) is 6.02. The van der Waals surface area contributed by atoms with Gasteiger partial charge in [0.15, 0.2) is 5.96 Å². The highest BCUT2D eigenvalue weighted by atomic mass is 16.5. The van der Waals surface area contributed by atoms with Crippen LogP contribution in [0.4, 0.5) is 0 Å². The van der Waals surface area contributed by atoms with Gasteiger partial charge in [0.05, 0.1) is 12.6 Å². The van der Waals surface area contributed by atoms with Crippen LogP contribution in [-0.4, -0.2) is 49.8 Å². The minimum Gasteiger partial charge on any atom is -0.489 e. The highest BCUT2D eigenvalue weighted by Gasteiger charge is 2.21. The molecule has 25 heavy (non-hydrogen) atoms. The molecule has 0 amide bonds. The van der Waals surface area contributed by atoms with E-state index in [4.69, 9.17) is 14.5 Å². The van der Waals surface area contributed by atoms with Crippen molar-refractivity contribution >= 4 is 5.96 Å². The third-order valence-corrected chi connectivity index (χ3v) is 4.21. The van der Waals surface area contributed by atoms with Crippen molar-refractivity contribution in [1.82, 2.24) is 10.2 Å². The molecule has 0 atom stereocenters. The van der Waals surface area contributed by atoms with Crippen LogP contribution in [-0.2, 0) is 11.3 Å². The Morgan fingerprint density at radius 2 is 2.08 bits per heavy atom.